The van der Waals surface area contributed by atoms with E-state index in [9.17, 15) is 0 Å². The van der Waals surface area contributed by atoms with Crippen molar-refractivity contribution < 1.29 is 0 Å². The van der Waals surface area contributed by atoms with E-state index in [1.165, 1.54) is 58.3 Å². The summed E-state index contributed by atoms with van der Waals surface area (Å²) in [5, 5.41) is 0. The molecule has 0 spiro atoms. The highest BCUT2D eigenvalue weighted by molar-refractivity contribution is 4.67. The summed E-state index contributed by atoms with van der Waals surface area (Å²) in [7, 11) is 2.23. The first-order valence-electron chi connectivity index (χ1n) is 7.39. The average Bonchev–Trinajstić information content (AvgIpc) is 2.29. The van der Waals surface area contributed by atoms with Crippen molar-refractivity contribution in [1.29, 1.82) is 0 Å². The topological polar surface area (TPSA) is 9.72 Å². The van der Waals surface area contributed by atoms with Gasteiger partial charge in [-0.25, -0.2) is 0 Å². The third-order valence-corrected chi connectivity index (χ3v) is 3.44. The van der Waals surface area contributed by atoms with Crippen LogP contribution in [0.3, 0.4) is 0 Å². The lowest BCUT2D eigenvalue weighted by molar-refractivity contribution is -0.0171. The lowest BCUT2D eigenvalue weighted by atomic mass is 10.2. The number of hydrogen-bond acceptors (Lipinski definition) is 3. The van der Waals surface area contributed by atoms with Gasteiger partial charge in [-0.3, -0.25) is 14.7 Å². The first-order chi connectivity index (χ1) is 8.26. The fourth-order valence-electron chi connectivity index (χ4n) is 2.55. The third kappa shape index (κ3) is 6.39. The molecule has 1 rings (SSSR count). The second kappa shape index (κ2) is 8.90. The van der Waals surface area contributed by atoms with Crippen LogP contribution < -0.4 is 0 Å². The van der Waals surface area contributed by atoms with Crippen LogP contribution in [0.2, 0.25) is 0 Å². The van der Waals surface area contributed by atoms with Crippen molar-refractivity contribution in [2.45, 2.75) is 52.4 Å². The summed E-state index contributed by atoms with van der Waals surface area (Å²) in [6, 6.07) is 0. The standard InChI is InChI=1S/C14H31N3/c1-4-6-8-10-16-12-15(3)13-17(14-16)11-9-7-5-2/h4-14H2,1-3H3. The van der Waals surface area contributed by atoms with Gasteiger partial charge in [-0.2, -0.15) is 0 Å². The van der Waals surface area contributed by atoms with Crippen molar-refractivity contribution in [2.75, 3.05) is 40.1 Å². The van der Waals surface area contributed by atoms with E-state index >= 15 is 0 Å². The summed E-state index contributed by atoms with van der Waals surface area (Å²) in [5.41, 5.74) is 0. The predicted molar refractivity (Wildman–Crippen MR) is 74.8 cm³/mol. The summed E-state index contributed by atoms with van der Waals surface area (Å²) in [6.45, 7) is 10.6. The summed E-state index contributed by atoms with van der Waals surface area (Å²) in [5.74, 6) is 0. The SMILES string of the molecule is CCCCCN1CN(C)CN(CCCCC)C1. The zero-order valence-electron chi connectivity index (χ0n) is 12.1. The molecule has 0 unspecified atom stereocenters. The molecule has 0 saturated carbocycles. The summed E-state index contributed by atoms with van der Waals surface area (Å²) in [4.78, 5) is 7.61. The van der Waals surface area contributed by atoms with E-state index in [0.717, 1.165) is 13.3 Å². The summed E-state index contributed by atoms with van der Waals surface area (Å²) >= 11 is 0. The Hall–Kier alpha value is -0.120. The smallest absolute Gasteiger partial charge is 0.0529 e. The molecular formula is C14H31N3. The van der Waals surface area contributed by atoms with Crippen LogP contribution in [0.15, 0.2) is 0 Å². The maximum atomic E-state index is 2.59. The van der Waals surface area contributed by atoms with Crippen LogP contribution in [0.5, 0.6) is 0 Å². The van der Waals surface area contributed by atoms with E-state index in [-0.39, 0.29) is 0 Å². The van der Waals surface area contributed by atoms with E-state index < -0.39 is 0 Å². The first-order valence-corrected chi connectivity index (χ1v) is 7.39. The monoisotopic (exact) mass is 241 g/mol. The quantitative estimate of drug-likeness (QED) is 0.605. The fraction of sp³-hybridized carbons (Fsp3) is 1.00. The predicted octanol–water partition coefficient (Wildman–Crippen LogP) is 2.79. The van der Waals surface area contributed by atoms with Crippen LogP contribution in [-0.2, 0) is 0 Å². The Kier molecular flexibility index (Phi) is 7.82. The van der Waals surface area contributed by atoms with Gasteiger partial charge in [0.05, 0.1) is 20.0 Å². The third-order valence-electron chi connectivity index (χ3n) is 3.44. The Labute approximate surface area is 108 Å². The van der Waals surface area contributed by atoms with Gasteiger partial charge in [0.15, 0.2) is 0 Å². The Morgan fingerprint density at radius 2 is 1.18 bits per heavy atom. The van der Waals surface area contributed by atoms with E-state index in [4.69, 9.17) is 0 Å². The summed E-state index contributed by atoms with van der Waals surface area (Å²) < 4.78 is 0. The molecule has 1 aliphatic rings. The minimum absolute atomic E-state index is 1.15. The highest BCUT2D eigenvalue weighted by Crippen LogP contribution is 2.09. The minimum atomic E-state index is 1.15. The first kappa shape index (κ1) is 14.9. The molecule has 0 radical (unpaired) electrons. The molecule has 0 aromatic carbocycles. The van der Waals surface area contributed by atoms with Crippen molar-refractivity contribution in [3.05, 3.63) is 0 Å². The molecule has 0 amide bonds. The van der Waals surface area contributed by atoms with Gasteiger partial charge in [-0.15, -0.1) is 0 Å². The van der Waals surface area contributed by atoms with E-state index in [2.05, 4.69) is 35.6 Å². The number of nitrogens with zero attached hydrogens (tertiary/aromatic N) is 3. The van der Waals surface area contributed by atoms with Crippen molar-refractivity contribution in [2.24, 2.45) is 0 Å². The maximum Gasteiger partial charge on any atom is 0.0529 e. The van der Waals surface area contributed by atoms with E-state index in [0.29, 0.717) is 0 Å². The maximum absolute atomic E-state index is 2.59. The number of unbranched alkanes of at least 4 members (excludes halogenated alkanes) is 4. The molecule has 0 aromatic rings. The van der Waals surface area contributed by atoms with Crippen molar-refractivity contribution in [3.8, 4) is 0 Å². The van der Waals surface area contributed by atoms with Crippen molar-refractivity contribution in [3.63, 3.8) is 0 Å². The molecule has 0 N–H and O–H groups in total. The minimum Gasteiger partial charge on any atom is -0.280 e. The number of hydrogen-bond donors (Lipinski definition) is 0. The highest BCUT2D eigenvalue weighted by Gasteiger charge is 2.19. The van der Waals surface area contributed by atoms with E-state index in [1.807, 2.05) is 0 Å². The molecular weight excluding hydrogens is 210 g/mol. The molecule has 102 valence electrons. The van der Waals surface area contributed by atoms with Gasteiger partial charge < -0.3 is 0 Å². The lowest BCUT2D eigenvalue weighted by Gasteiger charge is -2.40. The second-order valence-corrected chi connectivity index (χ2v) is 5.48. The largest absolute Gasteiger partial charge is 0.280 e. The van der Waals surface area contributed by atoms with Crippen LogP contribution in [0.1, 0.15) is 52.4 Å². The molecule has 1 saturated heterocycles. The normalized spacial score (nSPS) is 19.9. The number of rotatable bonds is 8. The van der Waals surface area contributed by atoms with Crippen LogP contribution >= 0.6 is 0 Å². The Morgan fingerprint density at radius 1 is 0.706 bits per heavy atom. The lowest BCUT2D eigenvalue weighted by Crippen LogP contribution is -2.53. The zero-order valence-corrected chi connectivity index (χ0v) is 12.1. The molecule has 3 nitrogen and oxygen atoms in total. The van der Waals surface area contributed by atoms with Gasteiger partial charge in [-0.1, -0.05) is 39.5 Å². The Balaban J connectivity index is 2.21. The van der Waals surface area contributed by atoms with Crippen LogP contribution in [-0.4, -0.2) is 54.8 Å². The van der Waals surface area contributed by atoms with Gasteiger partial charge >= 0.3 is 0 Å². The second-order valence-electron chi connectivity index (χ2n) is 5.48. The van der Waals surface area contributed by atoms with Crippen LogP contribution in [0.4, 0.5) is 0 Å². The highest BCUT2D eigenvalue weighted by atomic mass is 15.5. The molecule has 0 aromatic heterocycles. The van der Waals surface area contributed by atoms with Crippen LogP contribution in [0.25, 0.3) is 0 Å². The molecule has 0 aliphatic carbocycles. The van der Waals surface area contributed by atoms with Gasteiger partial charge in [0.2, 0.25) is 0 Å². The molecule has 0 bridgehead atoms. The summed E-state index contributed by atoms with van der Waals surface area (Å²) in [6.07, 6.45) is 8.10. The van der Waals surface area contributed by atoms with Crippen molar-refractivity contribution in [1.82, 2.24) is 14.7 Å². The van der Waals surface area contributed by atoms with Gasteiger partial charge in [0.1, 0.15) is 0 Å². The molecule has 3 heteroatoms. The molecule has 17 heavy (non-hydrogen) atoms. The van der Waals surface area contributed by atoms with Crippen LogP contribution in [0, 0.1) is 0 Å². The van der Waals surface area contributed by atoms with Gasteiger partial charge in [0, 0.05) is 13.1 Å². The van der Waals surface area contributed by atoms with E-state index in [1.54, 1.807) is 0 Å². The fourth-order valence-corrected chi connectivity index (χ4v) is 2.55. The molecule has 0 atom stereocenters. The average molecular weight is 241 g/mol. The van der Waals surface area contributed by atoms with Crippen molar-refractivity contribution >= 4 is 0 Å². The Morgan fingerprint density at radius 3 is 1.59 bits per heavy atom. The molecule has 1 heterocycles. The molecule has 1 aliphatic heterocycles. The van der Waals surface area contributed by atoms with Gasteiger partial charge in [0.25, 0.3) is 0 Å². The zero-order chi connectivity index (χ0) is 12.5. The van der Waals surface area contributed by atoms with Gasteiger partial charge in [-0.05, 0) is 19.9 Å². The molecule has 1 fully saturated rings. The Bertz CT molecular complexity index is 166.